The second kappa shape index (κ2) is 8.76. The molecule has 1 N–H and O–H groups in total. The average molecular weight is 413 g/mol. The predicted molar refractivity (Wildman–Crippen MR) is 107 cm³/mol. The Bertz CT molecular complexity index is 1090. The van der Waals surface area contributed by atoms with E-state index in [1.807, 2.05) is 0 Å². The van der Waals surface area contributed by atoms with Crippen LogP contribution in [0.3, 0.4) is 0 Å². The molecule has 0 atom stereocenters. The Morgan fingerprint density at radius 1 is 1.13 bits per heavy atom. The van der Waals surface area contributed by atoms with Crippen LogP contribution in [0, 0.1) is 13.8 Å². The highest BCUT2D eigenvalue weighted by atomic mass is 16.5. The SMILES string of the molecule is CCOC(=O)c1c(C)[nH]c(C(=O)Cn2nnc(-c3ccc(OC)c(OC)c3)n2)c1C. The van der Waals surface area contributed by atoms with Crippen LogP contribution in [0.25, 0.3) is 11.4 Å². The maximum absolute atomic E-state index is 12.8. The van der Waals surface area contributed by atoms with Crippen molar-refractivity contribution in [2.45, 2.75) is 27.3 Å². The number of ether oxygens (including phenoxy) is 3. The zero-order valence-corrected chi connectivity index (χ0v) is 17.5. The van der Waals surface area contributed by atoms with E-state index in [1.54, 1.807) is 46.1 Å². The molecule has 0 aliphatic carbocycles. The minimum Gasteiger partial charge on any atom is -0.493 e. The van der Waals surface area contributed by atoms with Gasteiger partial charge in [-0.25, -0.2) is 4.79 Å². The third-order valence-electron chi connectivity index (χ3n) is 4.58. The normalized spacial score (nSPS) is 10.7. The first-order chi connectivity index (χ1) is 14.4. The third kappa shape index (κ3) is 4.02. The molecule has 2 heterocycles. The summed E-state index contributed by atoms with van der Waals surface area (Å²) < 4.78 is 15.6. The lowest BCUT2D eigenvalue weighted by Crippen LogP contribution is -2.15. The van der Waals surface area contributed by atoms with E-state index < -0.39 is 5.97 Å². The van der Waals surface area contributed by atoms with Crippen molar-refractivity contribution < 1.29 is 23.8 Å². The number of carbonyl (C=O) groups is 2. The summed E-state index contributed by atoms with van der Waals surface area (Å²) in [7, 11) is 3.09. The molecule has 1 aromatic carbocycles. The fraction of sp³-hybridized carbons (Fsp3) is 0.350. The van der Waals surface area contributed by atoms with Crippen LogP contribution in [0.5, 0.6) is 11.5 Å². The van der Waals surface area contributed by atoms with E-state index in [1.165, 1.54) is 11.9 Å². The summed E-state index contributed by atoms with van der Waals surface area (Å²) in [6.45, 7) is 5.27. The van der Waals surface area contributed by atoms with Crippen LogP contribution >= 0.6 is 0 Å². The largest absolute Gasteiger partial charge is 0.493 e. The number of hydrogen-bond acceptors (Lipinski definition) is 8. The van der Waals surface area contributed by atoms with E-state index in [0.717, 1.165) is 0 Å². The molecule has 0 spiro atoms. The van der Waals surface area contributed by atoms with Crippen LogP contribution < -0.4 is 9.47 Å². The number of aromatic amines is 1. The van der Waals surface area contributed by atoms with Crippen LogP contribution in [0.15, 0.2) is 18.2 Å². The Morgan fingerprint density at radius 3 is 2.53 bits per heavy atom. The lowest BCUT2D eigenvalue weighted by Gasteiger charge is -2.07. The Labute approximate surface area is 173 Å². The zero-order chi connectivity index (χ0) is 21.8. The van der Waals surface area contributed by atoms with Gasteiger partial charge in [0.2, 0.25) is 11.6 Å². The molecule has 3 rings (SSSR count). The number of nitrogens with zero attached hydrogens (tertiary/aromatic N) is 4. The first kappa shape index (κ1) is 21.0. The van der Waals surface area contributed by atoms with Gasteiger partial charge in [0.1, 0.15) is 6.54 Å². The molecule has 0 aliphatic rings. The lowest BCUT2D eigenvalue weighted by atomic mass is 10.1. The number of aryl methyl sites for hydroxylation is 1. The summed E-state index contributed by atoms with van der Waals surface area (Å²) in [5.41, 5.74) is 2.48. The summed E-state index contributed by atoms with van der Waals surface area (Å²) >= 11 is 0. The number of aromatic nitrogens is 5. The number of tetrazole rings is 1. The van der Waals surface area contributed by atoms with E-state index in [4.69, 9.17) is 14.2 Å². The highest BCUT2D eigenvalue weighted by Gasteiger charge is 2.23. The van der Waals surface area contributed by atoms with Gasteiger partial charge in [0.15, 0.2) is 11.5 Å². The highest BCUT2D eigenvalue weighted by Crippen LogP contribution is 2.30. The standard InChI is InChI=1S/C20H23N5O5/c1-6-30-20(27)17-11(2)18(21-12(17)3)14(26)10-25-23-19(22-24-25)13-7-8-15(28-4)16(9-13)29-5/h7-9,21H,6,10H2,1-5H3. The molecule has 0 radical (unpaired) electrons. The van der Waals surface area contributed by atoms with Gasteiger partial charge in [-0.15, -0.1) is 10.2 Å². The van der Waals surface area contributed by atoms with E-state index >= 15 is 0 Å². The average Bonchev–Trinajstić information content (AvgIpc) is 3.31. The van der Waals surface area contributed by atoms with Crippen LogP contribution in [0.2, 0.25) is 0 Å². The smallest absolute Gasteiger partial charge is 0.340 e. The molecule has 0 amide bonds. The topological polar surface area (TPSA) is 121 Å². The fourth-order valence-corrected chi connectivity index (χ4v) is 3.15. The summed E-state index contributed by atoms with van der Waals surface area (Å²) in [5.74, 6) is 0.723. The van der Waals surface area contributed by atoms with Crippen LogP contribution in [-0.4, -0.2) is 57.8 Å². The quantitative estimate of drug-likeness (QED) is 0.441. The van der Waals surface area contributed by atoms with E-state index in [9.17, 15) is 9.59 Å². The molecule has 0 fully saturated rings. The molecular formula is C20H23N5O5. The highest BCUT2D eigenvalue weighted by molar-refractivity contribution is 6.01. The predicted octanol–water partition coefficient (Wildman–Crippen LogP) is 2.36. The maximum atomic E-state index is 12.8. The number of H-pyrrole nitrogens is 1. The summed E-state index contributed by atoms with van der Waals surface area (Å²) in [6, 6.07) is 5.24. The number of ketones is 1. The first-order valence-corrected chi connectivity index (χ1v) is 9.29. The van der Waals surface area contributed by atoms with Crippen molar-refractivity contribution in [3.63, 3.8) is 0 Å². The minimum atomic E-state index is -0.461. The Balaban J connectivity index is 1.81. The van der Waals surface area contributed by atoms with Crippen molar-refractivity contribution in [3.8, 4) is 22.9 Å². The van der Waals surface area contributed by atoms with Gasteiger partial charge in [0.05, 0.1) is 32.1 Å². The summed E-state index contributed by atoms with van der Waals surface area (Å²) in [5, 5.41) is 12.2. The number of esters is 1. The van der Waals surface area contributed by atoms with Crippen molar-refractivity contribution in [1.29, 1.82) is 0 Å². The number of methoxy groups -OCH3 is 2. The summed E-state index contributed by atoms with van der Waals surface area (Å²) in [6.07, 6.45) is 0. The molecule has 0 saturated heterocycles. The number of Topliss-reactive ketones (excluding diaryl/α,β-unsaturated/α-hetero) is 1. The Morgan fingerprint density at radius 2 is 1.87 bits per heavy atom. The molecule has 0 unspecified atom stereocenters. The van der Waals surface area contributed by atoms with Gasteiger partial charge in [0.25, 0.3) is 0 Å². The molecule has 10 nitrogen and oxygen atoms in total. The number of rotatable bonds is 8. The fourth-order valence-electron chi connectivity index (χ4n) is 3.15. The van der Waals surface area contributed by atoms with E-state index in [-0.39, 0.29) is 18.9 Å². The monoisotopic (exact) mass is 413 g/mol. The lowest BCUT2D eigenvalue weighted by molar-refractivity contribution is 0.0525. The maximum Gasteiger partial charge on any atom is 0.340 e. The Hall–Kier alpha value is -3.69. The third-order valence-corrected chi connectivity index (χ3v) is 4.58. The van der Waals surface area contributed by atoms with Gasteiger partial charge in [-0.05, 0) is 49.7 Å². The minimum absolute atomic E-state index is 0.136. The first-order valence-electron chi connectivity index (χ1n) is 9.29. The number of nitrogens with one attached hydrogen (secondary N) is 1. The molecule has 30 heavy (non-hydrogen) atoms. The van der Waals surface area contributed by atoms with Gasteiger partial charge >= 0.3 is 5.97 Å². The summed E-state index contributed by atoms with van der Waals surface area (Å²) in [4.78, 5) is 29.1. The van der Waals surface area contributed by atoms with Crippen LogP contribution in [0.4, 0.5) is 0 Å². The van der Waals surface area contributed by atoms with Crippen molar-refractivity contribution in [2.75, 3.05) is 20.8 Å². The van der Waals surface area contributed by atoms with E-state index in [0.29, 0.717) is 45.4 Å². The second-order valence-electron chi connectivity index (χ2n) is 6.48. The zero-order valence-electron chi connectivity index (χ0n) is 17.5. The number of benzene rings is 1. The van der Waals surface area contributed by atoms with Gasteiger partial charge in [-0.1, -0.05) is 0 Å². The molecule has 10 heteroatoms. The van der Waals surface area contributed by atoms with Crippen LogP contribution in [0.1, 0.15) is 39.0 Å². The van der Waals surface area contributed by atoms with Gasteiger partial charge < -0.3 is 19.2 Å². The van der Waals surface area contributed by atoms with Crippen molar-refractivity contribution in [1.82, 2.24) is 25.2 Å². The molecule has 0 saturated carbocycles. The molecule has 2 aromatic heterocycles. The van der Waals surface area contributed by atoms with Crippen molar-refractivity contribution in [3.05, 3.63) is 40.7 Å². The van der Waals surface area contributed by atoms with E-state index in [2.05, 4.69) is 20.4 Å². The molecule has 3 aromatic rings. The second-order valence-corrected chi connectivity index (χ2v) is 6.48. The molecular weight excluding hydrogens is 390 g/mol. The van der Waals surface area contributed by atoms with Crippen molar-refractivity contribution in [2.24, 2.45) is 0 Å². The molecule has 0 bridgehead atoms. The number of carbonyl (C=O) groups excluding carboxylic acids is 2. The van der Waals surface area contributed by atoms with Gasteiger partial charge in [0, 0.05) is 11.3 Å². The van der Waals surface area contributed by atoms with Crippen LogP contribution in [-0.2, 0) is 11.3 Å². The molecule has 158 valence electrons. The number of hydrogen-bond donors (Lipinski definition) is 1. The van der Waals surface area contributed by atoms with Crippen molar-refractivity contribution >= 4 is 11.8 Å². The Kier molecular flexibility index (Phi) is 6.14. The van der Waals surface area contributed by atoms with Gasteiger partial charge in [-0.2, -0.15) is 4.80 Å². The van der Waals surface area contributed by atoms with Gasteiger partial charge in [-0.3, -0.25) is 4.79 Å². The molecule has 0 aliphatic heterocycles.